The van der Waals surface area contributed by atoms with Crippen molar-refractivity contribution in [2.45, 2.75) is 39.0 Å². The first-order valence-electron chi connectivity index (χ1n) is 6.12. The molecular weight excluding hydrogens is 290 g/mol. The molecule has 0 fully saturated rings. The van der Waals surface area contributed by atoms with Gasteiger partial charge in [-0.2, -0.15) is 5.26 Å². The third kappa shape index (κ3) is 3.33. The fourth-order valence-electron chi connectivity index (χ4n) is 2.17. The van der Waals surface area contributed by atoms with Gasteiger partial charge in [0.2, 0.25) is 0 Å². The van der Waals surface area contributed by atoms with Gasteiger partial charge >= 0.3 is 0 Å². The summed E-state index contributed by atoms with van der Waals surface area (Å²) >= 11 is 0. The molecule has 0 unspecified atom stereocenters. The molecule has 0 bridgehead atoms. The highest BCUT2D eigenvalue weighted by atomic mass is 79.9. The van der Waals surface area contributed by atoms with Crippen molar-refractivity contribution < 1.29 is 0 Å². The van der Waals surface area contributed by atoms with Gasteiger partial charge in [-0.05, 0) is 38.3 Å². The lowest BCUT2D eigenvalue weighted by molar-refractivity contribution is 0.677. The van der Waals surface area contributed by atoms with Gasteiger partial charge in [0, 0.05) is 12.1 Å². The van der Waals surface area contributed by atoms with Gasteiger partial charge in [0.05, 0.1) is 17.8 Å². The highest BCUT2D eigenvalue weighted by molar-refractivity contribution is 8.93. The number of hydrogen-bond donors (Lipinski definition) is 0. The quantitative estimate of drug-likeness (QED) is 0.787. The van der Waals surface area contributed by atoms with Crippen molar-refractivity contribution in [3.05, 3.63) is 35.9 Å². The van der Waals surface area contributed by atoms with Gasteiger partial charge < -0.3 is 4.40 Å². The van der Waals surface area contributed by atoms with Crippen LogP contribution in [-0.4, -0.2) is 9.38 Å². The Morgan fingerprint density at radius 2 is 2.11 bits per heavy atom. The molecule has 2 heterocycles. The second kappa shape index (κ2) is 7.17. The number of aromatic nitrogens is 2. The maximum Gasteiger partial charge on any atom is 0.110 e. The van der Waals surface area contributed by atoms with Crippen molar-refractivity contribution in [3.63, 3.8) is 0 Å². The van der Waals surface area contributed by atoms with Crippen LogP contribution in [0.2, 0.25) is 0 Å². The van der Waals surface area contributed by atoms with E-state index in [1.165, 1.54) is 5.69 Å². The normalized spacial score (nSPS) is 10.0. The van der Waals surface area contributed by atoms with Crippen LogP contribution in [0.3, 0.4) is 0 Å². The highest BCUT2D eigenvalue weighted by Gasteiger charge is 2.03. The van der Waals surface area contributed by atoms with E-state index in [1.54, 1.807) is 0 Å². The fourth-order valence-corrected chi connectivity index (χ4v) is 2.17. The number of unbranched alkanes of at least 4 members (excludes halogenated alkanes) is 3. The Morgan fingerprint density at radius 3 is 2.89 bits per heavy atom. The van der Waals surface area contributed by atoms with Crippen LogP contribution in [0.5, 0.6) is 0 Å². The van der Waals surface area contributed by atoms with Crippen molar-refractivity contribution in [1.29, 1.82) is 5.26 Å². The van der Waals surface area contributed by atoms with Gasteiger partial charge in [0.15, 0.2) is 0 Å². The van der Waals surface area contributed by atoms with Gasteiger partial charge in [-0.1, -0.05) is 12.5 Å². The number of nitrogens with zero attached hydrogens (tertiary/aromatic N) is 3. The molecule has 0 aromatic carbocycles. The Morgan fingerprint density at radius 1 is 1.28 bits per heavy atom. The molecule has 2 rings (SSSR count). The molecule has 96 valence electrons. The molecule has 0 saturated heterocycles. The summed E-state index contributed by atoms with van der Waals surface area (Å²) in [4.78, 5) is 4.33. The average molecular weight is 308 g/mol. The van der Waals surface area contributed by atoms with Gasteiger partial charge in [-0.25, -0.2) is 4.98 Å². The Bertz CT molecular complexity index is 539. The lowest BCUT2D eigenvalue weighted by Crippen LogP contribution is -1.98. The van der Waals surface area contributed by atoms with E-state index >= 15 is 0 Å². The third-order valence-electron chi connectivity index (χ3n) is 3.03. The Labute approximate surface area is 118 Å². The van der Waals surface area contributed by atoms with Crippen LogP contribution in [0.15, 0.2) is 24.4 Å². The number of halogens is 1. The van der Waals surface area contributed by atoms with Crippen LogP contribution in [-0.2, 0) is 6.42 Å². The largest absolute Gasteiger partial charge is 0.301 e. The minimum absolute atomic E-state index is 0. The molecule has 2 aromatic heterocycles. The molecule has 0 aliphatic carbocycles. The zero-order valence-electron chi connectivity index (χ0n) is 10.6. The molecule has 3 nitrogen and oxygen atoms in total. The van der Waals surface area contributed by atoms with Crippen molar-refractivity contribution in [1.82, 2.24) is 9.38 Å². The first-order valence-corrected chi connectivity index (χ1v) is 6.12. The predicted octanol–water partition coefficient (Wildman–Crippen LogP) is 3.85. The molecule has 4 heteroatoms. The maximum absolute atomic E-state index is 8.47. The summed E-state index contributed by atoms with van der Waals surface area (Å²) in [5.74, 6) is 1.05. The van der Waals surface area contributed by atoms with E-state index in [9.17, 15) is 0 Å². The van der Waals surface area contributed by atoms with E-state index in [-0.39, 0.29) is 17.0 Å². The Balaban J connectivity index is 0.00000162. The molecule has 0 atom stereocenters. The summed E-state index contributed by atoms with van der Waals surface area (Å²) in [5, 5.41) is 8.47. The molecule has 0 radical (unpaired) electrons. The summed E-state index contributed by atoms with van der Waals surface area (Å²) in [7, 11) is 0. The van der Waals surface area contributed by atoms with E-state index in [0.717, 1.165) is 37.0 Å². The second-order valence-electron chi connectivity index (χ2n) is 4.30. The zero-order chi connectivity index (χ0) is 12.1. The number of rotatable bonds is 5. The average Bonchev–Trinajstić information content (AvgIpc) is 2.72. The van der Waals surface area contributed by atoms with Gasteiger partial charge in [-0.3, -0.25) is 0 Å². The number of aryl methyl sites for hydroxylation is 2. The van der Waals surface area contributed by atoms with Gasteiger partial charge in [0.25, 0.3) is 0 Å². The number of pyridine rings is 1. The van der Waals surface area contributed by atoms with E-state index < -0.39 is 0 Å². The molecule has 2 aromatic rings. The van der Waals surface area contributed by atoms with Crippen LogP contribution in [0.25, 0.3) is 5.52 Å². The first-order chi connectivity index (χ1) is 8.33. The number of nitriles is 1. The molecular formula is C14H18BrN3. The molecule has 0 N–H and O–H groups in total. The summed E-state index contributed by atoms with van der Waals surface area (Å²) < 4.78 is 2.21. The monoisotopic (exact) mass is 307 g/mol. The third-order valence-corrected chi connectivity index (χ3v) is 3.03. The SMILES string of the molecule is Br.Cc1ncc2cccc(CCCCCC#N)n12. The highest BCUT2D eigenvalue weighted by Crippen LogP contribution is 2.13. The molecule has 0 amide bonds. The zero-order valence-corrected chi connectivity index (χ0v) is 12.3. The van der Waals surface area contributed by atoms with E-state index in [1.807, 2.05) is 13.1 Å². The molecule has 18 heavy (non-hydrogen) atoms. The molecule has 0 aliphatic rings. The lowest BCUT2D eigenvalue weighted by Gasteiger charge is -2.06. The minimum Gasteiger partial charge on any atom is -0.301 e. The van der Waals surface area contributed by atoms with Crippen molar-refractivity contribution in [3.8, 4) is 6.07 Å². The van der Waals surface area contributed by atoms with E-state index in [2.05, 4.69) is 33.7 Å². The van der Waals surface area contributed by atoms with Crippen LogP contribution in [0.1, 0.15) is 37.2 Å². The lowest BCUT2D eigenvalue weighted by atomic mass is 10.1. The fraction of sp³-hybridized carbons (Fsp3) is 0.429. The van der Waals surface area contributed by atoms with E-state index in [0.29, 0.717) is 6.42 Å². The van der Waals surface area contributed by atoms with Gasteiger partial charge in [-0.15, -0.1) is 17.0 Å². The topological polar surface area (TPSA) is 41.1 Å². The number of hydrogen-bond acceptors (Lipinski definition) is 2. The smallest absolute Gasteiger partial charge is 0.110 e. The van der Waals surface area contributed by atoms with Crippen molar-refractivity contribution in [2.75, 3.05) is 0 Å². The summed E-state index contributed by atoms with van der Waals surface area (Å²) in [5.41, 5.74) is 2.48. The summed E-state index contributed by atoms with van der Waals surface area (Å²) in [6, 6.07) is 8.51. The van der Waals surface area contributed by atoms with Gasteiger partial charge in [0.1, 0.15) is 5.82 Å². The van der Waals surface area contributed by atoms with Crippen molar-refractivity contribution in [2.24, 2.45) is 0 Å². The number of fused-ring (bicyclic) bond motifs is 1. The van der Waals surface area contributed by atoms with Crippen LogP contribution in [0.4, 0.5) is 0 Å². The van der Waals surface area contributed by atoms with Crippen LogP contribution in [0, 0.1) is 18.3 Å². The van der Waals surface area contributed by atoms with Crippen LogP contribution >= 0.6 is 17.0 Å². The minimum atomic E-state index is 0. The maximum atomic E-state index is 8.47. The van der Waals surface area contributed by atoms with Crippen molar-refractivity contribution >= 4 is 22.5 Å². The van der Waals surface area contributed by atoms with Crippen LogP contribution < -0.4 is 0 Å². The first kappa shape index (κ1) is 14.7. The summed E-state index contributed by atoms with van der Waals surface area (Å²) in [6.45, 7) is 2.03. The molecule has 0 spiro atoms. The van der Waals surface area contributed by atoms with E-state index in [4.69, 9.17) is 5.26 Å². The Kier molecular flexibility index (Phi) is 5.87. The number of imidazole rings is 1. The molecule has 0 saturated carbocycles. The molecule has 0 aliphatic heterocycles. The predicted molar refractivity (Wildman–Crippen MR) is 78.0 cm³/mol. The standard InChI is InChI=1S/C14H17N3.BrH/c1-12-16-11-14-9-6-8-13(17(12)14)7-4-2-3-5-10-15;/h6,8-9,11H,2-5,7H2,1H3;1H. The second-order valence-corrected chi connectivity index (χ2v) is 4.30. The Hall–Kier alpha value is -1.34. The summed E-state index contributed by atoms with van der Waals surface area (Å²) in [6.07, 6.45) is 6.91.